The molecule has 10 nitrogen and oxygen atoms in total. The van der Waals surface area contributed by atoms with Gasteiger partial charge in [-0.1, -0.05) is 100 Å². The number of carboxylic acid groups (broad SMARTS) is 1. The molecule has 8 rings (SSSR count). The van der Waals surface area contributed by atoms with Crippen LogP contribution in [0, 0.1) is 11.8 Å². The summed E-state index contributed by atoms with van der Waals surface area (Å²) in [6, 6.07) is 32.4. The average molecular weight is 938 g/mol. The summed E-state index contributed by atoms with van der Waals surface area (Å²) in [4.78, 5) is 49.7. The number of hydrogen-bond donors (Lipinski definition) is 3. The third-order valence-electron chi connectivity index (χ3n) is 12.7. The van der Waals surface area contributed by atoms with Crippen LogP contribution in [0.3, 0.4) is 0 Å². The van der Waals surface area contributed by atoms with Crippen molar-refractivity contribution in [2.24, 2.45) is 11.8 Å². The van der Waals surface area contributed by atoms with E-state index in [1.807, 2.05) is 65.8 Å². The molecule has 2 aliphatic carbocycles. The largest absolute Gasteiger partial charge is 0.478 e. The molecule has 2 unspecified atom stereocenters. The Morgan fingerprint density at radius 3 is 1.78 bits per heavy atom. The fraction of sp³-hybridized carbons (Fsp3) is 0.458. The fourth-order valence-electron chi connectivity index (χ4n) is 9.75. The van der Waals surface area contributed by atoms with Gasteiger partial charge < -0.3 is 30.1 Å². The minimum atomic E-state index is -0.950. The van der Waals surface area contributed by atoms with Crippen LogP contribution in [0.5, 0.6) is 0 Å². The number of nitrogens with zero attached hydrogens (tertiary/aromatic N) is 1. The van der Waals surface area contributed by atoms with Gasteiger partial charge in [-0.15, -0.1) is 0 Å². The van der Waals surface area contributed by atoms with Crippen molar-refractivity contribution in [1.82, 2.24) is 15.5 Å². The number of carbonyl (C=O) groups is 4. The Bertz CT molecular complexity index is 2500. The quantitative estimate of drug-likeness (QED) is 0.127. The van der Waals surface area contributed by atoms with Crippen molar-refractivity contribution in [3.63, 3.8) is 0 Å². The highest BCUT2D eigenvalue weighted by Gasteiger charge is 2.37. The Kier molecular flexibility index (Phi) is 17.5. The number of rotatable bonds is 11. The van der Waals surface area contributed by atoms with Gasteiger partial charge in [0, 0.05) is 31.1 Å². The first-order valence-electron chi connectivity index (χ1n) is 24.9. The van der Waals surface area contributed by atoms with Crippen molar-refractivity contribution in [1.29, 1.82) is 0 Å². The Balaban J connectivity index is 0.000000188. The van der Waals surface area contributed by atoms with Crippen LogP contribution in [0.1, 0.15) is 155 Å². The molecule has 4 aromatic carbocycles. The van der Waals surface area contributed by atoms with Gasteiger partial charge in [0.15, 0.2) is 0 Å². The van der Waals surface area contributed by atoms with Crippen molar-refractivity contribution in [3.05, 3.63) is 153 Å². The average Bonchev–Trinajstić information content (AvgIpc) is 3.87. The summed E-state index contributed by atoms with van der Waals surface area (Å²) in [6.07, 6.45) is 6.88. The smallest absolute Gasteiger partial charge is 0.407 e. The number of benzene rings is 4. The van der Waals surface area contributed by atoms with Crippen LogP contribution in [0.4, 0.5) is 4.79 Å². The van der Waals surface area contributed by atoms with Gasteiger partial charge in [-0.25, -0.2) is 9.59 Å². The second-order valence-electron chi connectivity index (χ2n) is 21.6. The van der Waals surface area contributed by atoms with E-state index < -0.39 is 23.3 Å². The molecule has 0 spiro atoms. The molecule has 4 aromatic rings. The molecule has 0 radical (unpaired) electrons. The first-order chi connectivity index (χ1) is 32.7. The number of aryl methyl sites for hydroxylation is 1. The molecule has 0 fully saturated rings. The molecular weight excluding hydrogens is 863 g/mol. The molecule has 2 amide bonds. The molecule has 368 valence electrons. The second kappa shape index (κ2) is 23.1. The molecule has 2 atom stereocenters. The van der Waals surface area contributed by atoms with E-state index >= 15 is 0 Å². The summed E-state index contributed by atoms with van der Waals surface area (Å²) < 4.78 is 10.5. The predicted octanol–water partition coefficient (Wildman–Crippen LogP) is 12.0. The Labute approximate surface area is 411 Å². The Hall–Kier alpha value is -6.00. The molecule has 10 heteroatoms. The first kappa shape index (κ1) is 52.4. The zero-order valence-corrected chi connectivity index (χ0v) is 42.7. The summed E-state index contributed by atoms with van der Waals surface area (Å²) in [6.45, 7) is 22.3. The monoisotopic (exact) mass is 938 g/mol. The molecule has 4 aliphatic rings. The number of fused-ring (bicyclic) bond motifs is 4. The van der Waals surface area contributed by atoms with E-state index in [0.29, 0.717) is 36.9 Å². The van der Waals surface area contributed by atoms with Crippen molar-refractivity contribution >= 4 is 35.1 Å². The van der Waals surface area contributed by atoms with Crippen molar-refractivity contribution in [3.8, 4) is 0 Å². The highest BCUT2D eigenvalue weighted by Crippen LogP contribution is 2.43. The number of aromatic carboxylic acids is 1. The minimum absolute atomic E-state index is 0.0832. The zero-order chi connectivity index (χ0) is 50.0. The molecule has 0 saturated carbocycles. The molecule has 2 aliphatic heterocycles. The minimum Gasteiger partial charge on any atom is -0.478 e. The van der Waals surface area contributed by atoms with Gasteiger partial charge in [-0.3, -0.25) is 9.59 Å². The summed E-state index contributed by atoms with van der Waals surface area (Å²) in [5, 5.41) is 15.2. The van der Waals surface area contributed by atoms with E-state index in [1.54, 1.807) is 23.3 Å². The van der Waals surface area contributed by atoms with E-state index in [-0.39, 0.29) is 23.5 Å². The van der Waals surface area contributed by atoms with Crippen LogP contribution in [0.25, 0.3) is 11.1 Å². The maximum absolute atomic E-state index is 13.6. The molecule has 69 heavy (non-hydrogen) atoms. The summed E-state index contributed by atoms with van der Waals surface area (Å²) in [5.74, 6) is 0.151. The number of carboxylic acids is 1. The standard InChI is InChI=1S/C29H36N2O3.C16H21N.C14H18O4/c1-19(2)16-26-25-17-22-8-6-7-9-23(22)24(25)14-15-31(26)27(32)21-12-10-20(11-13-21)18-30-28(33)34-29(3,4)5;1-11(2)9-16-15-10-12-5-3-4-6-13(12)14(15)7-8-17-16;1-14(2,3)18-12(15)9-6-10-4-7-11(8-5-10)13(16)17/h6-13,19,26H,14-18H2,1-5H3,(H,30,33);3-6,11,16-17H,7-10H2,1-2H3;4-5,7-8H,6,9H2,1-3H3,(H,16,17). The van der Waals surface area contributed by atoms with Gasteiger partial charge in [0.2, 0.25) is 0 Å². The number of nitrogens with one attached hydrogen (secondary N) is 2. The van der Waals surface area contributed by atoms with E-state index in [9.17, 15) is 19.2 Å². The Morgan fingerprint density at radius 1 is 0.681 bits per heavy atom. The van der Waals surface area contributed by atoms with Crippen LogP contribution in [0.2, 0.25) is 0 Å². The van der Waals surface area contributed by atoms with Crippen LogP contribution in [0.15, 0.2) is 108 Å². The number of esters is 1. The lowest BCUT2D eigenvalue weighted by molar-refractivity contribution is -0.154. The molecule has 0 saturated heterocycles. The van der Waals surface area contributed by atoms with E-state index in [4.69, 9.17) is 14.6 Å². The molecule has 0 aromatic heterocycles. The molecule has 3 N–H and O–H groups in total. The van der Waals surface area contributed by atoms with Gasteiger partial charge in [-0.2, -0.15) is 0 Å². The first-order valence-corrected chi connectivity index (χ1v) is 24.9. The lowest BCUT2D eigenvalue weighted by atomic mass is 9.87. The van der Waals surface area contributed by atoms with E-state index in [1.165, 1.54) is 64.8 Å². The van der Waals surface area contributed by atoms with Crippen molar-refractivity contribution < 1.29 is 33.8 Å². The second-order valence-corrected chi connectivity index (χ2v) is 21.6. The SMILES string of the molecule is CC(C)(C)OC(=O)CCc1ccc(C(=O)O)cc1.CC(C)CC1C2=C(CCN1C(=O)c1ccc(CNC(=O)OC(C)(C)C)cc1)c1ccccc1C2.CC(C)CC1NCCC2=C1Cc1ccccc12. The number of alkyl carbamates (subject to hydrolysis) is 1. The van der Waals surface area contributed by atoms with E-state index in [2.05, 4.69) is 91.8 Å². The Morgan fingerprint density at radius 2 is 1.22 bits per heavy atom. The summed E-state index contributed by atoms with van der Waals surface area (Å²) in [5.41, 5.74) is 13.8. The van der Waals surface area contributed by atoms with Crippen molar-refractivity contribution in [2.75, 3.05) is 13.1 Å². The number of ether oxygens (including phenoxy) is 2. The third kappa shape index (κ3) is 14.8. The topological polar surface area (TPSA) is 134 Å². The van der Waals surface area contributed by atoms with Crippen LogP contribution < -0.4 is 10.6 Å². The fourth-order valence-corrected chi connectivity index (χ4v) is 9.75. The molecule has 0 bridgehead atoms. The highest BCUT2D eigenvalue weighted by molar-refractivity contribution is 5.96. The van der Waals surface area contributed by atoms with Gasteiger partial charge in [-0.05, 0) is 185 Å². The normalized spacial score (nSPS) is 17.1. The number of carbonyl (C=O) groups excluding carboxylic acids is 3. The van der Waals surface area contributed by atoms with Gasteiger partial charge in [0.25, 0.3) is 5.91 Å². The molecule has 2 heterocycles. The van der Waals surface area contributed by atoms with Gasteiger partial charge in [0.1, 0.15) is 11.2 Å². The van der Waals surface area contributed by atoms with E-state index in [0.717, 1.165) is 49.4 Å². The number of amides is 2. The van der Waals surface area contributed by atoms with Crippen LogP contribution in [-0.2, 0) is 40.1 Å². The zero-order valence-electron chi connectivity index (χ0n) is 42.7. The van der Waals surface area contributed by atoms with Crippen LogP contribution in [-0.4, -0.2) is 70.3 Å². The van der Waals surface area contributed by atoms with Gasteiger partial charge >= 0.3 is 18.0 Å². The van der Waals surface area contributed by atoms with Crippen molar-refractivity contribution in [2.45, 2.75) is 150 Å². The molecular formula is C59H75N3O7. The van der Waals surface area contributed by atoms with Crippen LogP contribution >= 0.6 is 0 Å². The highest BCUT2D eigenvalue weighted by atomic mass is 16.6. The lowest BCUT2D eigenvalue weighted by Gasteiger charge is -2.38. The van der Waals surface area contributed by atoms with Gasteiger partial charge in [0.05, 0.1) is 11.6 Å². The number of hydrogen-bond acceptors (Lipinski definition) is 7. The lowest BCUT2D eigenvalue weighted by Crippen LogP contribution is -2.45. The summed E-state index contributed by atoms with van der Waals surface area (Å²) in [7, 11) is 0. The maximum Gasteiger partial charge on any atom is 0.407 e. The maximum atomic E-state index is 13.6. The predicted molar refractivity (Wildman–Crippen MR) is 276 cm³/mol. The summed E-state index contributed by atoms with van der Waals surface area (Å²) >= 11 is 0. The third-order valence-corrected chi connectivity index (χ3v) is 12.7.